The van der Waals surface area contributed by atoms with Crippen LogP contribution in [0, 0.1) is 6.85 Å². The minimum absolute atomic E-state index is 0.247. The van der Waals surface area contributed by atoms with E-state index < -0.39 is 6.85 Å². The number of rotatable bonds is 2. The van der Waals surface area contributed by atoms with E-state index in [2.05, 4.69) is 29.2 Å². The molecule has 124 valence electrons. The first-order valence-electron chi connectivity index (χ1n) is 9.98. The van der Waals surface area contributed by atoms with E-state index >= 15 is 0 Å². The standard InChI is InChI=1S/C24H17NO/c1-16-9-14-21(25-15-16)18-12-10-17(11-13-18)19-6-4-8-23-24(19)20-5-2-3-7-22(20)26-23/h2-15H,1H3/i1D3. The molecule has 0 amide bonds. The number of aromatic nitrogens is 1. The number of aryl methyl sites for hydroxylation is 1. The van der Waals surface area contributed by atoms with Crippen LogP contribution in [0.25, 0.3) is 44.3 Å². The lowest BCUT2D eigenvalue weighted by molar-refractivity contribution is 0.669. The minimum atomic E-state index is -2.14. The number of hydrogen-bond donors (Lipinski definition) is 0. The number of fused-ring (bicyclic) bond motifs is 3. The topological polar surface area (TPSA) is 26.0 Å². The monoisotopic (exact) mass is 338 g/mol. The molecule has 0 saturated heterocycles. The molecule has 2 heterocycles. The molecule has 0 aliphatic carbocycles. The molecule has 0 bridgehead atoms. The second kappa shape index (κ2) is 5.85. The molecule has 0 unspecified atom stereocenters. The quantitative estimate of drug-likeness (QED) is 0.361. The highest BCUT2D eigenvalue weighted by atomic mass is 16.3. The molecular formula is C24H17NO. The van der Waals surface area contributed by atoms with Crippen molar-refractivity contribution >= 4 is 21.9 Å². The maximum absolute atomic E-state index is 7.47. The third-order valence-electron chi connectivity index (χ3n) is 4.66. The molecule has 0 aliphatic heterocycles. The zero-order chi connectivity index (χ0) is 20.0. The lowest BCUT2D eigenvalue weighted by atomic mass is 9.98. The van der Waals surface area contributed by atoms with Crippen molar-refractivity contribution in [3.05, 3.63) is 90.6 Å². The van der Waals surface area contributed by atoms with Crippen LogP contribution in [0.4, 0.5) is 0 Å². The van der Waals surface area contributed by atoms with Gasteiger partial charge in [-0.2, -0.15) is 0 Å². The number of para-hydroxylation sites is 1. The van der Waals surface area contributed by atoms with Gasteiger partial charge in [-0.3, -0.25) is 4.98 Å². The second-order valence-corrected chi connectivity index (χ2v) is 6.29. The van der Waals surface area contributed by atoms with Crippen LogP contribution in [-0.4, -0.2) is 4.98 Å². The Hall–Kier alpha value is -3.39. The van der Waals surface area contributed by atoms with Gasteiger partial charge in [0.15, 0.2) is 0 Å². The summed E-state index contributed by atoms with van der Waals surface area (Å²) in [5.74, 6) is 0. The van der Waals surface area contributed by atoms with Crippen molar-refractivity contribution in [3.8, 4) is 22.4 Å². The van der Waals surface area contributed by atoms with Crippen LogP contribution >= 0.6 is 0 Å². The Bertz CT molecular complexity index is 1320. The molecular weight excluding hydrogens is 318 g/mol. The third-order valence-corrected chi connectivity index (χ3v) is 4.66. The van der Waals surface area contributed by atoms with E-state index in [0.717, 1.165) is 44.3 Å². The summed E-state index contributed by atoms with van der Waals surface area (Å²) in [6.07, 6.45) is 1.43. The SMILES string of the molecule is [2H]C([2H])([2H])c1ccc(-c2ccc(-c3cccc4oc5ccccc5c34)cc2)nc1. The number of pyridine rings is 1. The van der Waals surface area contributed by atoms with Gasteiger partial charge in [0.05, 0.1) is 5.69 Å². The van der Waals surface area contributed by atoms with Crippen LogP contribution in [0.3, 0.4) is 0 Å². The van der Waals surface area contributed by atoms with Crippen molar-refractivity contribution in [2.45, 2.75) is 6.85 Å². The molecule has 0 radical (unpaired) electrons. The first-order valence-corrected chi connectivity index (χ1v) is 8.48. The fourth-order valence-electron chi connectivity index (χ4n) is 3.40. The summed E-state index contributed by atoms with van der Waals surface area (Å²) in [4.78, 5) is 4.33. The van der Waals surface area contributed by atoms with Crippen LogP contribution in [0.1, 0.15) is 9.68 Å². The molecule has 0 spiro atoms. The second-order valence-electron chi connectivity index (χ2n) is 6.29. The summed E-state index contributed by atoms with van der Waals surface area (Å²) < 4.78 is 28.4. The van der Waals surface area contributed by atoms with Gasteiger partial charge in [0, 0.05) is 26.6 Å². The molecule has 5 rings (SSSR count). The van der Waals surface area contributed by atoms with Crippen LogP contribution in [0.15, 0.2) is 89.5 Å². The molecule has 0 aliphatic rings. The Kier molecular flexibility index (Phi) is 2.71. The summed E-state index contributed by atoms with van der Waals surface area (Å²) >= 11 is 0. The normalized spacial score (nSPS) is 13.5. The van der Waals surface area contributed by atoms with E-state index in [-0.39, 0.29) is 5.56 Å². The number of furan rings is 1. The zero-order valence-corrected chi connectivity index (χ0v) is 13.9. The number of hydrogen-bond acceptors (Lipinski definition) is 2. The first-order chi connectivity index (χ1) is 14.0. The molecule has 2 aromatic heterocycles. The smallest absolute Gasteiger partial charge is 0.136 e. The Morgan fingerprint density at radius 3 is 2.38 bits per heavy atom. The molecule has 26 heavy (non-hydrogen) atoms. The van der Waals surface area contributed by atoms with Gasteiger partial charge in [0.1, 0.15) is 11.2 Å². The average Bonchev–Trinajstić information content (AvgIpc) is 3.12. The fraction of sp³-hybridized carbons (Fsp3) is 0.0417. The van der Waals surface area contributed by atoms with E-state index in [1.165, 1.54) is 6.20 Å². The first kappa shape index (κ1) is 12.0. The van der Waals surface area contributed by atoms with Crippen molar-refractivity contribution in [2.24, 2.45) is 0 Å². The largest absolute Gasteiger partial charge is 0.456 e. The molecule has 2 heteroatoms. The fourth-order valence-corrected chi connectivity index (χ4v) is 3.40. The molecule has 2 nitrogen and oxygen atoms in total. The van der Waals surface area contributed by atoms with Crippen molar-refractivity contribution in [1.29, 1.82) is 0 Å². The maximum atomic E-state index is 7.47. The van der Waals surface area contributed by atoms with E-state index in [1.54, 1.807) is 12.1 Å². The molecule has 3 aromatic carbocycles. The summed E-state index contributed by atoms with van der Waals surface area (Å²) in [5.41, 5.74) is 5.89. The number of benzene rings is 3. The van der Waals surface area contributed by atoms with Gasteiger partial charge in [-0.05, 0) is 41.7 Å². The van der Waals surface area contributed by atoms with Gasteiger partial charge < -0.3 is 4.42 Å². The summed E-state index contributed by atoms with van der Waals surface area (Å²) in [5, 5.41) is 2.21. The maximum Gasteiger partial charge on any atom is 0.136 e. The van der Waals surface area contributed by atoms with Crippen molar-refractivity contribution in [2.75, 3.05) is 0 Å². The summed E-state index contributed by atoms with van der Waals surface area (Å²) in [6.45, 7) is -2.14. The predicted molar refractivity (Wildman–Crippen MR) is 107 cm³/mol. The third kappa shape index (κ3) is 2.39. The predicted octanol–water partition coefficient (Wildman–Crippen LogP) is 6.62. The molecule has 0 saturated carbocycles. The highest BCUT2D eigenvalue weighted by Crippen LogP contribution is 2.36. The highest BCUT2D eigenvalue weighted by molar-refractivity contribution is 6.12. The van der Waals surface area contributed by atoms with Gasteiger partial charge in [-0.1, -0.05) is 60.7 Å². The van der Waals surface area contributed by atoms with Crippen LogP contribution in [-0.2, 0) is 0 Å². The van der Waals surface area contributed by atoms with Crippen LogP contribution < -0.4 is 0 Å². The van der Waals surface area contributed by atoms with Crippen molar-refractivity contribution in [3.63, 3.8) is 0 Å². The Balaban J connectivity index is 1.56. The van der Waals surface area contributed by atoms with Gasteiger partial charge in [0.25, 0.3) is 0 Å². The van der Waals surface area contributed by atoms with E-state index in [4.69, 9.17) is 8.53 Å². The molecule has 5 aromatic rings. The number of nitrogens with zero attached hydrogens (tertiary/aromatic N) is 1. The average molecular weight is 338 g/mol. The lowest BCUT2D eigenvalue weighted by Crippen LogP contribution is -1.85. The summed E-state index contributed by atoms with van der Waals surface area (Å²) in [7, 11) is 0. The van der Waals surface area contributed by atoms with Gasteiger partial charge in [-0.25, -0.2) is 0 Å². The Morgan fingerprint density at radius 1 is 0.769 bits per heavy atom. The minimum Gasteiger partial charge on any atom is -0.456 e. The Morgan fingerprint density at radius 2 is 1.58 bits per heavy atom. The zero-order valence-electron chi connectivity index (χ0n) is 16.9. The van der Waals surface area contributed by atoms with Gasteiger partial charge >= 0.3 is 0 Å². The van der Waals surface area contributed by atoms with Crippen LogP contribution in [0.5, 0.6) is 0 Å². The van der Waals surface area contributed by atoms with Crippen molar-refractivity contribution in [1.82, 2.24) is 4.98 Å². The van der Waals surface area contributed by atoms with Crippen molar-refractivity contribution < 1.29 is 8.53 Å². The van der Waals surface area contributed by atoms with E-state index in [0.29, 0.717) is 0 Å². The van der Waals surface area contributed by atoms with E-state index in [1.807, 2.05) is 42.5 Å². The molecule has 0 N–H and O–H groups in total. The Labute approximate surface area is 156 Å². The summed E-state index contributed by atoms with van der Waals surface area (Å²) in [6, 6.07) is 25.7. The van der Waals surface area contributed by atoms with E-state index in [9.17, 15) is 0 Å². The van der Waals surface area contributed by atoms with Gasteiger partial charge in [-0.15, -0.1) is 0 Å². The van der Waals surface area contributed by atoms with Crippen LogP contribution in [0.2, 0.25) is 0 Å². The lowest BCUT2D eigenvalue weighted by Gasteiger charge is -2.06. The highest BCUT2D eigenvalue weighted by Gasteiger charge is 2.12. The van der Waals surface area contributed by atoms with Gasteiger partial charge in [0.2, 0.25) is 0 Å². The molecule has 0 atom stereocenters. The molecule has 0 fully saturated rings.